The van der Waals surface area contributed by atoms with E-state index in [1.807, 2.05) is 58.0 Å². The van der Waals surface area contributed by atoms with E-state index in [0.717, 1.165) is 16.7 Å². The zero-order valence-electron chi connectivity index (χ0n) is 23.1. The molecule has 0 radical (unpaired) electrons. The van der Waals surface area contributed by atoms with Crippen LogP contribution in [0.1, 0.15) is 53.4 Å². The van der Waals surface area contributed by atoms with E-state index in [-0.39, 0.29) is 11.8 Å². The summed E-state index contributed by atoms with van der Waals surface area (Å²) in [4.78, 5) is 25.5. The number of rotatable bonds is 13. The number of benzene rings is 3. The van der Waals surface area contributed by atoms with Gasteiger partial charge in [0, 0.05) is 11.1 Å². The molecule has 3 aromatic carbocycles. The van der Waals surface area contributed by atoms with Crippen molar-refractivity contribution in [2.75, 3.05) is 6.61 Å². The van der Waals surface area contributed by atoms with Gasteiger partial charge in [0.05, 0.1) is 12.8 Å². The molecule has 3 rings (SSSR count). The Labute approximate surface area is 230 Å². The lowest BCUT2D eigenvalue weighted by molar-refractivity contribution is -0.123. The third kappa shape index (κ3) is 8.57. The first kappa shape index (κ1) is 29.2. The highest BCUT2D eigenvalue weighted by atomic mass is 16.5. The molecule has 7 heteroatoms. The lowest BCUT2D eigenvalue weighted by Gasteiger charge is -2.20. The predicted molar refractivity (Wildman–Crippen MR) is 155 cm³/mol. The number of aryl methyl sites for hydroxylation is 1. The molecule has 204 valence electrons. The number of ether oxygens (including phenoxy) is 2. The maximum Gasteiger partial charge on any atom is 0.262 e. The summed E-state index contributed by atoms with van der Waals surface area (Å²) >= 11 is 0. The molecule has 0 aromatic heterocycles. The number of hydrazone groups is 1. The smallest absolute Gasteiger partial charge is 0.262 e. The average Bonchev–Trinajstić information content (AvgIpc) is 2.92. The fourth-order valence-electron chi connectivity index (χ4n) is 3.92. The molecule has 0 fully saturated rings. The third-order valence-corrected chi connectivity index (χ3v) is 5.98. The molecule has 7 nitrogen and oxygen atoms in total. The molecule has 1 atom stereocenters. The maximum atomic E-state index is 12.9. The number of nitrogens with one attached hydrogen (secondary N) is 2. The van der Waals surface area contributed by atoms with E-state index < -0.39 is 11.9 Å². The Bertz CT molecular complexity index is 1280. The van der Waals surface area contributed by atoms with E-state index in [9.17, 15) is 9.59 Å². The summed E-state index contributed by atoms with van der Waals surface area (Å²) in [6.07, 6.45) is 3.92. The minimum Gasteiger partial charge on any atom is -0.490 e. The van der Waals surface area contributed by atoms with Gasteiger partial charge in [0.2, 0.25) is 0 Å². The minimum atomic E-state index is -0.747. The molecule has 39 heavy (non-hydrogen) atoms. The Balaban J connectivity index is 1.75. The zero-order valence-corrected chi connectivity index (χ0v) is 23.1. The first-order chi connectivity index (χ1) is 18.8. The third-order valence-electron chi connectivity index (χ3n) is 5.98. The Morgan fingerprint density at radius 2 is 1.74 bits per heavy atom. The van der Waals surface area contributed by atoms with Gasteiger partial charge in [-0.3, -0.25) is 9.59 Å². The molecule has 0 heterocycles. The van der Waals surface area contributed by atoms with Crippen molar-refractivity contribution in [1.29, 1.82) is 0 Å². The summed E-state index contributed by atoms with van der Waals surface area (Å²) in [6.45, 7) is 12.4. The molecule has 1 unspecified atom stereocenters. The zero-order chi connectivity index (χ0) is 28.2. The molecule has 3 aromatic rings. The number of hydrogen-bond acceptors (Lipinski definition) is 5. The van der Waals surface area contributed by atoms with Crippen molar-refractivity contribution in [2.24, 2.45) is 11.0 Å². The fourth-order valence-corrected chi connectivity index (χ4v) is 3.92. The van der Waals surface area contributed by atoms with Crippen LogP contribution in [-0.2, 0) is 17.8 Å². The molecular formula is C32H37N3O4. The fraction of sp³-hybridized carbons (Fsp3) is 0.281. The number of carbonyl (C=O) groups excluding carboxylic acids is 2. The molecule has 0 aliphatic carbocycles. The van der Waals surface area contributed by atoms with Crippen molar-refractivity contribution >= 4 is 18.0 Å². The molecular weight excluding hydrogens is 490 g/mol. The predicted octanol–water partition coefficient (Wildman–Crippen LogP) is 5.61. The second-order valence-corrected chi connectivity index (χ2v) is 9.50. The second-order valence-electron chi connectivity index (χ2n) is 9.50. The van der Waals surface area contributed by atoms with Crippen LogP contribution in [0, 0.1) is 12.8 Å². The van der Waals surface area contributed by atoms with Crippen LogP contribution in [0.3, 0.4) is 0 Å². The molecule has 0 aliphatic rings. The SMILES string of the molecule is C=CCc1cc(/C=N/NC(=O)C(NC(=O)c2ccccc2)C(C)C)cc(OCC)c1OCc1ccc(C)cc1. The van der Waals surface area contributed by atoms with Crippen LogP contribution < -0.4 is 20.2 Å². The summed E-state index contributed by atoms with van der Waals surface area (Å²) in [6, 6.07) is 20.0. The Morgan fingerprint density at radius 3 is 2.38 bits per heavy atom. The van der Waals surface area contributed by atoms with Gasteiger partial charge in [-0.2, -0.15) is 5.10 Å². The quantitative estimate of drug-likeness (QED) is 0.172. The first-order valence-corrected chi connectivity index (χ1v) is 13.1. The van der Waals surface area contributed by atoms with Gasteiger partial charge in [-0.25, -0.2) is 5.43 Å². The van der Waals surface area contributed by atoms with Gasteiger partial charge >= 0.3 is 0 Å². The van der Waals surface area contributed by atoms with Gasteiger partial charge < -0.3 is 14.8 Å². The highest BCUT2D eigenvalue weighted by molar-refractivity contribution is 5.97. The second kappa shape index (κ2) is 14.5. The van der Waals surface area contributed by atoms with Gasteiger partial charge in [-0.1, -0.05) is 68.0 Å². The van der Waals surface area contributed by atoms with Crippen LogP contribution in [0.15, 0.2) is 84.5 Å². The van der Waals surface area contributed by atoms with E-state index in [1.165, 1.54) is 5.56 Å². The number of carbonyl (C=O) groups is 2. The van der Waals surface area contributed by atoms with Crippen LogP contribution >= 0.6 is 0 Å². The van der Waals surface area contributed by atoms with Gasteiger partial charge in [0.15, 0.2) is 11.5 Å². The molecule has 2 amide bonds. The lowest BCUT2D eigenvalue weighted by Crippen LogP contribution is -2.48. The van der Waals surface area contributed by atoms with Crippen molar-refractivity contribution in [3.63, 3.8) is 0 Å². The summed E-state index contributed by atoms with van der Waals surface area (Å²) in [5.74, 6) is 0.389. The van der Waals surface area contributed by atoms with Crippen LogP contribution in [0.4, 0.5) is 0 Å². The summed E-state index contributed by atoms with van der Waals surface area (Å²) in [5, 5.41) is 6.96. The maximum absolute atomic E-state index is 12.9. The van der Waals surface area contributed by atoms with Crippen LogP contribution in [0.25, 0.3) is 0 Å². The standard InChI is InChI=1S/C32H37N3O4/c1-6-11-27-18-25(19-28(38-7-2)30(27)39-21-24-16-14-23(5)15-17-24)20-33-35-32(37)29(22(3)4)34-31(36)26-12-9-8-10-13-26/h6,8-10,12-20,22,29H,1,7,11,21H2,2-5H3,(H,34,36)(H,35,37)/b33-20+. The van der Waals surface area contributed by atoms with Crippen molar-refractivity contribution in [1.82, 2.24) is 10.7 Å². The number of nitrogens with zero attached hydrogens (tertiary/aromatic N) is 1. The van der Waals surface area contributed by atoms with E-state index >= 15 is 0 Å². The van der Waals surface area contributed by atoms with Crippen LogP contribution in [0.5, 0.6) is 11.5 Å². The van der Waals surface area contributed by atoms with Crippen molar-refractivity contribution in [3.8, 4) is 11.5 Å². The lowest BCUT2D eigenvalue weighted by atomic mass is 10.0. The summed E-state index contributed by atoms with van der Waals surface area (Å²) in [7, 11) is 0. The monoisotopic (exact) mass is 527 g/mol. The van der Waals surface area contributed by atoms with E-state index in [2.05, 4.69) is 34.6 Å². The summed E-state index contributed by atoms with van der Waals surface area (Å²) in [5.41, 5.74) is 6.92. The Kier molecular flexibility index (Phi) is 10.9. The Morgan fingerprint density at radius 1 is 1.03 bits per heavy atom. The highest BCUT2D eigenvalue weighted by Crippen LogP contribution is 2.34. The van der Waals surface area contributed by atoms with Crippen molar-refractivity contribution in [3.05, 3.63) is 107 Å². The van der Waals surface area contributed by atoms with Crippen molar-refractivity contribution < 1.29 is 19.1 Å². The average molecular weight is 528 g/mol. The number of amides is 2. The van der Waals surface area contributed by atoms with Gasteiger partial charge in [0.1, 0.15) is 12.6 Å². The van der Waals surface area contributed by atoms with E-state index in [1.54, 1.807) is 36.6 Å². The number of allylic oxidation sites excluding steroid dienone is 1. The van der Waals surface area contributed by atoms with Crippen LogP contribution in [-0.4, -0.2) is 30.7 Å². The van der Waals surface area contributed by atoms with E-state index in [4.69, 9.17) is 9.47 Å². The Hall–Kier alpha value is -4.39. The normalized spacial score (nSPS) is 11.7. The largest absolute Gasteiger partial charge is 0.490 e. The minimum absolute atomic E-state index is 0.137. The molecule has 0 aliphatic heterocycles. The first-order valence-electron chi connectivity index (χ1n) is 13.1. The molecule has 2 N–H and O–H groups in total. The van der Waals surface area contributed by atoms with Gasteiger partial charge in [-0.05, 0) is 61.6 Å². The summed E-state index contributed by atoms with van der Waals surface area (Å²) < 4.78 is 12.1. The van der Waals surface area contributed by atoms with Gasteiger partial charge in [0.25, 0.3) is 11.8 Å². The molecule has 0 saturated heterocycles. The number of hydrogen-bond donors (Lipinski definition) is 2. The molecule has 0 saturated carbocycles. The van der Waals surface area contributed by atoms with Crippen molar-refractivity contribution in [2.45, 2.75) is 46.8 Å². The topological polar surface area (TPSA) is 89.0 Å². The molecule has 0 bridgehead atoms. The molecule has 0 spiro atoms. The van der Waals surface area contributed by atoms with Gasteiger partial charge in [-0.15, -0.1) is 6.58 Å². The van der Waals surface area contributed by atoms with Crippen LogP contribution in [0.2, 0.25) is 0 Å². The van der Waals surface area contributed by atoms with E-state index in [0.29, 0.717) is 36.7 Å². The highest BCUT2D eigenvalue weighted by Gasteiger charge is 2.24.